The second kappa shape index (κ2) is 6.23. The Morgan fingerprint density at radius 3 is 2.83 bits per heavy atom. The second-order valence-corrected chi connectivity index (χ2v) is 6.85. The summed E-state index contributed by atoms with van der Waals surface area (Å²) in [6.45, 7) is 4.01. The van der Waals surface area contributed by atoms with Gasteiger partial charge in [-0.25, -0.2) is 15.0 Å². The molecule has 23 heavy (non-hydrogen) atoms. The van der Waals surface area contributed by atoms with Gasteiger partial charge in [0.1, 0.15) is 17.9 Å². The highest BCUT2D eigenvalue weighted by atomic mass is 32.1. The van der Waals surface area contributed by atoms with Gasteiger partial charge in [-0.3, -0.25) is 4.57 Å². The third kappa shape index (κ3) is 2.89. The molecular formula is C14H21N5O3S. The highest BCUT2D eigenvalue weighted by Gasteiger charge is 2.46. The Morgan fingerprint density at radius 1 is 1.39 bits per heavy atom. The molecule has 126 valence electrons. The average Bonchev–Trinajstić information content (AvgIpc) is 3.02. The number of nitrogens with zero attached hydrogens (tertiary/aromatic N) is 4. The largest absolute Gasteiger partial charge is 0.390 e. The molecule has 2 aromatic heterocycles. The van der Waals surface area contributed by atoms with Gasteiger partial charge in [-0.2, -0.15) is 12.6 Å². The van der Waals surface area contributed by atoms with Crippen LogP contribution in [-0.2, 0) is 4.74 Å². The number of hydrogen-bond donors (Lipinski definition) is 4. The number of hydrogen-bond acceptors (Lipinski definition) is 8. The van der Waals surface area contributed by atoms with Crippen molar-refractivity contribution in [2.45, 2.75) is 50.1 Å². The van der Waals surface area contributed by atoms with E-state index in [4.69, 9.17) is 10.5 Å². The Morgan fingerprint density at radius 2 is 2.13 bits per heavy atom. The van der Waals surface area contributed by atoms with E-state index < -0.39 is 29.8 Å². The van der Waals surface area contributed by atoms with Crippen LogP contribution >= 0.6 is 12.6 Å². The first-order valence-corrected chi connectivity index (χ1v) is 8.04. The quantitative estimate of drug-likeness (QED) is 0.594. The number of imidazole rings is 1. The lowest BCUT2D eigenvalue weighted by Gasteiger charge is -2.22. The van der Waals surface area contributed by atoms with E-state index in [0.29, 0.717) is 23.5 Å². The Labute approximate surface area is 139 Å². The van der Waals surface area contributed by atoms with Crippen LogP contribution in [0.2, 0.25) is 0 Å². The molecule has 8 nitrogen and oxygen atoms in total. The van der Waals surface area contributed by atoms with Crippen molar-refractivity contribution in [3.05, 3.63) is 12.7 Å². The lowest BCUT2D eigenvalue weighted by molar-refractivity contribution is -0.0863. The fourth-order valence-electron chi connectivity index (χ4n) is 2.91. The van der Waals surface area contributed by atoms with Crippen molar-refractivity contribution in [2.24, 2.45) is 5.92 Å². The van der Waals surface area contributed by atoms with Gasteiger partial charge in [-0.15, -0.1) is 0 Å². The molecule has 0 aliphatic carbocycles. The third-order valence-corrected chi connectivity index (χ3v) is 4.59. The third-order valence-electron chi connectivity index (χ3n) is 4.03. The molecule has 1 saturated heterocycles. The van der Waals surface area contributed by atoms with Gasteiger partial charge in [0.05, 0.1) is 23.8 Å². The van der Waals surface area contributed by atoms with E-state index in [9.17, 15) is 10.2 Å². The predicted octanol–water partition coefficient (Wildman–Crippen LogP) is 0.372. The van der Waals surface area contributed by atoms with E-state index in [1.165, 1.54) is 12.7 Å². The first kappa shape index (κ1) is 16.4. The number of aliphatic hydroxyl groups excluding tert-OH is 2. The highest BCUT2D eigenvalue weighted by Crippen LogP contribution is 2.37. The molecule has 0 radical (unpaired) electrons. The normalized spacial score (nSPS) is 29.5. The second-order valence-electron chi connectivity index (χ2n) is 6.25. The van der Waals surface area contributed by atoms with E-state index in [1.807, 2.05) is 13.8 Å². The molecular weight excluding hydrogens is 318 g/mol. The minimum absolute atomic E-state index is 0.277. The summed E-state index contributed by atoms with van der Waals surface area (Å²) in [6, 6.07) is 0. The molecule has 1 aliphatic rings. The van der Waals surface area contributed by atoms with Crippen LogP contribution in [0.25, 0.3) is 11.2 Å². The molecule has 3 heterocycles. The van der Waals surface area contributed by atoms with Gasteiger partial charge < -0.3 is 20.7 Å². The summed E-state index contributed by atoms with van der Waals surface area (Å²) in [4.78, 5) is 12.3. The van der Waals surface area contributed by atoms with Crippen LogP contribution in [0.5, 0.6) is 0 Å². The number of nitrogen functional groups attached to an aromatic ring is 1. The summed E-state index contributed by atoms with van der Waals surface area (Å²) in [5.41, 5.74) is 6.76. The first-order chi connectivity index (χ1) is 10.9. The Hall–Kier alpha value is -1.42. The summed E-state index contributed by atoms with van der Waals surface area (Å²) in [6.07, 6.45) is 0.455. The van der Waals surface area contributed by atoms with Gasteiger partial charge in [0, 0.05) is 0 Å². The van der Waals surface area contributed by atoms with Crippen molar-refractivity contribution in [3.8, 4) is 0 Å². The van der Waals surface area contributed by atoms with Crippen molar-refractivity contribution in [1.82, 2.24) is 19.5 Å². The number of thiol groups is 1. The lowest BCUT2D eigenvalue weighted by atomic mass is 9.98. The molecule has 0 amide bonds. The molecule has 9 heteroatoms. The summed E-state index contributed by atoms with van der Waals surface area (Å²) in [5, 5.41) is 20.2. The van der Waals surface area contributed by atoms with E-state index in [0.717, 1.165) is 0 Å². The number of fused-ring (bicyclic) bond motifs is 1. The molecule has 1 fully saturated rings. The van der Waals surface area contributed by atoms with Crippen molar-refractivity contribution in [3.63, 3.8) is 0 Å². The van der Waals surface area contributed by atoms with Gasteiger partial charge in [0.25, 0.3) is 0 Å². The number of ether oxygens (including phenoxy) is 1. The molecule has 3 rings (SSSR count). The van der Waals surface area contributed by atoms with Crippen LogP contribution in [0, 0.1) is 5.92 Å². The summed E-state index contributed by atoms with van der Waals surface area (Å²) < 4.78 is 7.55. The minimum Gasteiger partial charge on any atom is -0.390 e. The molecule has 4 N–H and O–H groups in total. The van der Waals surface area contributed by atoms with Gasteiger partial charge >= 0.3 is 0 Å². The number of rotatable bonds is 4. The topological polar surface area (TPSA) is 119 Å². The number of anilines is 1. The smallest absolute Gasteiger partial charge is 0.167 e. The Balaban J connectivity index is 1.89. The van der Waals surface area contributed by atoms with E-state index in [2.05, 4.69) is 27.6 Å². The molecule has 0 aromatic carbocycles. The van der Waals surface area contributed by atoms with Crippen molar-refractivity contribution in [1.29, 1.82) is 0 Å². The van der Waals surface area contributed by atoms with Crippen LogP contribution < -0.4 is 5.73 Å². The first-order valence-electron chi connectivity index (χ1n) is 7.52. The maximum absolute atomic E-state index is 10.4. The van der Waals surface area contributed by atoms with E-state index in [1.54, 1.807) is 4.57 Å². The van der Waals surface area contributed by atoms with Crippen LogP contribution in [0.1, 0.15) is 26.5 Å². The van der Waals surface area contributed by atoms with E-state index >= 15 is 0 Å². The van der Waals surface area contributed by atoms with E-state index in [-0.39, 0.29) is 5.82 Å². The maximum Gasteiger partial charge on any atom is 0.167 e. The Bertz CT molecular complexity index is 694. The van der Waals surface area contributed by atoms with Crippen molar-refractivity contribution >= 4 is 29.6 Å². The number of nitrogens with two attached hydrogens (primary N) is 1. The fourth-order valence-corrected chi connectivity index (χ4v) is 3.29. The minimum atomic E-state index is -0.895. The van der Waals surface area contributed by atoms with Gasteiger partial charge in [0.15, 0.2) is 17.7 Å². The molecule has 2 aromatic rings. The number of aliphatic hydroxyl groups is 2. The van der Waals surface area contributed by atoms with Crippen LogP contribution in [0.15, 0.2) is 12.7 Å². The summed E-state index contributed by atoms with van der Waals surface area (Å²) >= 11 is 4.46. The summed E-state index contributed by atoms with van der Waals surface area (Å²) in [7, 11) is 0. The SMILES string of the molecule is CC(C)CC(O)[C@H]1O[C@@H](n2cnc3c(N)ncnc32)[C@H](S)[C@@H]1O. The van der Waals surface area contributed by atoms with Crippen molar-refractivity contribution in [2.75, 3.05) is 5.73 Å². The standard InChI is InChI=1S/C14H21N5O3S/c1-6(2)3-7(20)10-9(21)11(23)14(22-10)19-5-18-8-12(15)16-4-17-13(8)19/h4-7,9-11,14,20-21,23H,3H2,1-2H3,(H2,15,16,17)/t7?,9-,10-,11-,14-/m1/s1. The lowest BCUT2D eigenvalue weighted by Crippen LogP contribution is -2.37. The van der Waals surface area contributed by atoms with Gasteiger partial charge in [0.2, 0.25) is 0 Å². The van der Waals surface area contributed by atoms with Crippen LogP contribution in [-0.4, -0.2) is 53.3 Å². The maximum atomic E-state index is 10.4. The van der Waals surface area contributed by atoms with Crippen LogP contribution in [0.4, 0.5) is 5.82 Å². The van der Waals surface area contributed by atoms with Gasteiger partial charge in [-0.1, -0.05) is 13.8 Å². The molecule has 0 saturated carbocycles. The zero-order chi connectivity index (χ0) is 16.7. The predicted molar refractivity (Wildman–Crippen MR) is 87.9 cm³/mol. The molecule has 5 atom stereocenters. The molecule has 1 aliphatic heterocycles. The molecule has 0 bridgehead atoms. The highest BCUT2D eigenvalue weighted by molar-refractivity contribution is 7.81. The molecule has 0 spiro atoms. The fraction of sp³-hybridized carbons (Fsp3) is 0.643. The number of aromatic nitrogens is 4. The average molecular weight is 339 g/mol. The zero-order valence-corrected chi connectivity index (χ0v) is 13.8. The molecule has 1 unspecified atom stereocenters. The Kier molecular flexibility index (Phi) is 4.45. The summed E-state index contributed by atoms with van der Waals surface area (Å²) in [5.74, 6) is 0.569. The zero-order valence-electron chi connectivity index (χ0n) is 12.9. The monoisotopic (exact) mass is 339 g/mol. The van der Waals surface area contributed by atoms with Gasteiger partial charge in [-0.05, 0) is 12.3 Å². The van der Waals surface area contributed by atoms with Crippen molar-refractivity contribution < 1.29 is 14.9 Å². The van der Waals surface area contributed by atoms with Crippen LogP contribution in [0.3, 0.4) is 0 Å².